The number of hydrogen-bond acceptors (Lipinski definition) is 5. The van der Waals surface area contributed by atoms with Crippen LogP contribution in [0, 0.1) is 0 Å². The highest BCUT2D eigenvalue weighted by molar-refractivity contribution is 7.09. The van der Waals surface area contributed by atoms with Crippen LogP contribution in [0.4, 0.5) is 0 Å². The topological polar surface area (TPSA) is 57.4 Å². The zero-order valence-electron chi connectivity index (χ0n) is 10.9. The van der Waals surface area contributed by atoms with E-state index in [1.54, 1.807) is 18.4 Å². The molecular formula is C13H22N2O2S. The molecule has 0 aromatic carbocycles. The Labute approximate surface area is 113 Å². The Morgan fingerprint density at radius 1 is 1.39 bits per heavy atom. The SMILES string of the molecule is COCCOCCc1nc(C2CCCC2N)cs1. The third-order valence-corrected chi connectivity index (χ3v) is 4.34. The molecule has 0 spiro atoms. The molecule has 102 valence electrons. The minimum absolute atomic E-state index is 0.304. The Morgan fingerprint density at radius 2 is 2.28 bits per heavy atom. The van der Waals surface area contributed by atoms with E-state index in [9.17, 15) is 0 Å². The molecule has 0 aliphatic heterocycles. The van der Waals surface area contributed by atoms with Crippen LogP contribution in [0.5, 0.6) is 0 Å². The standard InChI is InChI=1S/C13H22N2O2S/c1-16-7-8-17-6-5-13-15-12(9-18-13)10-3-2-4-11(10)14/h9-11H,2-8,14H2,1H3. The number of ether oxygens (including phenoxy) is 2. The molecule has 2 rings (SSSR count). The molecule has 2 unspecified atom stereocenters. The van der Waals surface area contributed by atoms with Crippen LogP contribution >= 0.6 is 11.3 Å². The maximum absolute atomic E-state index is 6.10. The van der Waals surface area contributed by atoms with E-state index in [1.807, 2.05) is 0 Å². The molecule has 1 aromatic heterocycles. The molecule has 0 amide bonds. The predicted molar refractivity (Wildman–Crippen MR) is 73.1 cm³/mol. The number of rotatable bonds is 7. The van der Waals surface area contributed by atoms with Crippen LogP contribution in [-0.2, 0) is 15.9 Å². The fourth-order valence-corrected chi connectivity index (χ4v) is 3.21. The zero-order valence-corrected chi connectivity index (χ0v) is 11.7. The van der Waals surface area contributed by atoms with E-state index < -0.39 is 0 Å². The van der Waals surface area contributed by atoms with Crippen LogP contribution in [0.25, 0.3) is 0 Å². The van der Waals surface area contributed by atoms with Crippen LogP contribution in [0.15, 0.2) is 5.38 Å². The van der Waals surface area contributed by atoms with E-state index in [0.717, 1.165) is 17.8 Å². The zero-order chi connectivity index (χ0) is 12.8. The summed E-state index contributed by atoms with van der Waals surface area (Å²) in [5.74, 6) is 0.476. The van der Waals surface area contributed by atoms with Crippen molar-refractivity contribution < 1.29 is 9.47 Å². The van der Waals surface area contributed by atoms with Gasteiger partial charge in [-0.2, -0.15) is 0 Å². The Balaban J connectivity index is 1.75. The van der Waals surface area contributed by atoms with Crippen molar-refractivity contribution in [3.63, 3.8) is 0 Å². The second-order valence-corrected chi connectivity index (χ2v) is 5.67. The van der Waals surface area contributed by atoms with Crippen LogP contribution in [0.3, 0.4) is 0 Å². The fourth-order valence-electron chi connectivity index (χ4n) is 2.37. The summed E-state index contributed by atoms with van der Waals surface area (Å²) in [6, 6.07) is 0.304. The van der Waals surface area contributed by atoms with Gasteiger partial charge in [0.1, 0.15) is 0 Å². The van der Waals surface area contributed by atoms with E-state index in [4.69, 9.17) is 15.2 Å². The molecule has 1 aromatic rings. The lowest BCUT2D eigenvalue weighted by Gasteiger charge is -2.11. The molecule has 1 aliphatic carbocycles. The van der Waals surface area contributed by atoms with E-state index in [2.05, 4.69) is 10.4 Å². The molecule has 1 aliphatic rings. The molecule has 0 bridgehead atoms. The molecule has 2 N–H and O–H groups in total. The summed E-state index contributed by atoms with van der Waals surface area (Å²) >= 11 is 1.72. The van der Waals surface area contributed by atoms with Crippen molar-refractivity contribution in [2.24, 2.45) is 5.73 Å². The van der Waals surface area contributed by atoms with Gasteiger partial charge in [0.15, 0.2) is 0 Å². The summed E-state index contributed by atoms with van der Waals surface area (Å²) in [6.07, 6.45) is 4.45. The summed E-state index contributed by atoms with van der Waals surface area (Å²) in [7, 11) is 1.68. The van der Waals surface area contributed by atoms with Crippen LogP contribution < -0.4 is 5.73 Å². The van der Waals surface area contributed by atoms with Gasteiger partial charge in [-0.3, -0.25) is 0 Å². The summed E-state index contributed by atoms with van der Waals surface area (Å²) in [6.45, 7) is 2.02. The number of aromatic nitrogens is 1. The third kappa shape index (κ3) is 3.75. The molecule has 1 fully saturated rings. The molecule has 1 saturated carbocycles. The van der Waals surface area contributed by atoms with Gasteiger partial charge in [-0.1, -0.05) is 6.42 Å². The van der Waals surface area contributed by atoms with Crippen LogP contribution in [0.1, 0.15) is 35.9 Å². The lowest BCUT2D eigenvalue weighted by molar-refractivity contribution is 0.0722. The number of methoxy groups -OCH3 is 1. The number of nitrogens with two attached hydrogens (primary N) is 1. The summed E-state index contributed by atoms with van der Waals surface area (Å²) in [5, 5.41) is 3.32. The van der Waals surface area contributed by atoms with E-state index in [0.29, 0.717) is 31.8 Å². The predicted octanol–water partition coefficient (Wildman–Crippen LogP) is 1.94. The lowest BCUT2D eigenvalue weighted by atomic mass is 10.0. The van der Waals surface area contributed by atoms with Crippen LogP contribution in [-0.4, -0.2) is 38.0 Å². The van der Waals surface area contributed by atoms with Crippen molar-refractivity contribution in [2.45, 2.75) is 37.6 Å². The Bertz CT molecular complexity index is 357. The first kappa shape index (κ1) is 13.9. The van der Waals surface area contributed by atoms with Crippen molar-refractivity contribution in [3.8, 4) is 0 Å². The van der Waals surface area contributed by atoms with Crippen molar-refractivity contribution in [2.75, 3.05) is 26.9 Å². The van der Waals surface area contributed by atoms with Gasteiger partial charge >= 0.3 is 0 Å². The van der Waals surface area contributed by atoms with Crippen molar-refractivity contribution in [3.05, 3.63) is 16.1 Å². The van der Waals surface area contributed by atoms with E-state index >= 15 is 0 Å². The first-order valence-electron chi connectivity index (χ1n) is 6.58. The van der Waals surface area contributed by atoms with Gasteiger partial charge in [0, 0.05) is 30.9 Å². The fraction of sp³-hybridized carbons (Fsp3) is 0.769. The quantitative estimate of drug-likeness (QED) is 0.769. The summed E-state index contributed by atoms with van der Waals surface area (Å²) in [4.78, 5) is 4.69. The molecule has 1 heterocycles. The maximum Gasteiger partial charge on any atom is 0.0951 e. The van der Waals surface area contributed by atoms with Crippen molar-refractivity contribution in [1.29, 1.82) is 0 Å². The average Bonchev–Trinajstić information content (AvgIpc) is 2.97. The molecule has 4 nitrogen and oxygen atoms in total. The summed E-state index contributed by atoms with van der Waals surface area (Å²) in [5.41, 5.74) is 7.29. The Kier molecular flexibility index (Phi) is 5.56. The van der Waals surface area contributed by atoms with Crippen LogP contribution in [0.2, 0.25) is 0 Å². The third-order valence-electron chi connectivity index (χ3n) is 3.41. The first-order chi connectivity index (χ1) is 8.81. The van der Waals surface area contributed by atoms with Gasteiger partial charge in [-0.15, -0.1) is 11.3 Å². The highest BCUT2D eigenvalue weighted by atomic mass is 32.1. The highest BCUT2D eigenvalue weighted by Gasteiger charge is 2.27. The van der Waals surface area contributed by atoms with Gasteiger partial charge < -0.3 is 15.2 Å². The first-order valence-corrected chi connectivity index (χ1v) is 7.46. The van der Waals surface area contributed by atoms with Crippen molar-refractivity contribution in [1.82, 2.24) is 4.98 Å². The second kappa shape index (κ2) is 7.19. The van der Waals surface area contributed by atoms with Gasteiger partial charge in [0.2, 0.25) is 0 Å². The largest absolute Gasteiger partial charge is 0.382 e. The molecule has 0 radical (unpaired) electrons. The maximum atomic E-state index is 6.10. The van der Waals surface area contributed by atoms with E-state index in [1.165, 1.54) is 18.5 Å². The monoisotopic (exact) mass is 270 g/mol. The molecule has 5 heteroatoms. The molecular weight excluding hydrogens is 248 g/mol. The minimum Gasteiger partial charge on any atom is -0.382 e. The van der Waals surface area contributed by atoms with Gasteiger partial charge in [0.25, 0.3) is 0 Å². The Hall–Kier alpha value is -0.490. The molecule has 2 atom stereocenters. The molecule has 0 saturated heterocycles. The second-order valence-electron chi connectivity index (χ2n) is 4.72. The number of nitrogens with zero attached hydrogens (tertiary/aromatic N) is 1. The summed E-state index contributed by atoms with van der Waals surface area (Å²) < 4.78 is 10.4. The van der Waals surface area contributed by atoms with Gasteiger partial charge in [0.05, 0.1) is 30.5 Å². The average molecular weight is 270 g/mol. The normalized spacial score (nSPS) is 23.7. The number of thiazole rings is 1. The minimum atomic E-state index is 0.304. The highest BCUT2D eigenvalue weighted by Crippen LogP contribution is 2.33. The van der Waals surface area contributed by atoms with Crippen molar-refractivity contribution >= 4 is 11.3 Å². The Morgan fingerprint density at radius 3 is 3.00 bits per heavy atom. The smallest absolute Gasteiger partial charge is 0.0951 e. The number of hydrogen-bond donors (Lipinski definition) is 1. The van der Waals surface area contributed by atoms with E-state index in [-0.39, 0.29) is 0 Å². The molecule has 18 heavy (non-hydrogen) atoms. The van der Waals surface area contributed by atoms with Gasteiger partial charge in [-0.25, -0.2) is 4.98 Å². The lowest BCUT2D eigenvalue weighted by Crippen LogP contribution is -2.22. The van der Waals surface area contributed by atoms with Gasteiger partial charge in [-0.05, 0) is 12.8 Å².